The maximum atomic E-state index is 10.2. The van der Waals surface area contributed by atoms with Gasteiger partial charge in [-0.2, -0.15) is 0 Å². The fraction of sp³-hybridized carbons (Fsp3) is 0.100. The molecule has 0 radical (unpaired) electrons. The standard InChI is InChI=1S/C10H10O/c1-9(8-11)7-10-5-3-2-4-6-10/h2-6,8H,1,7H2. The molecule has 0 aliphatic heterocycles. The predicted octanol–water partition coefficient (Wildman–Crippen LogP) is 1.98. The number of allylic oxidation sites excluding steroid dienone is 1. The minimum atomic E-state index is 0.621. The van der Waals surface area contributed by atoms with Crippen LogP contribution in [0.15, 0.2) is 42.5 Å². The molecule has 1 heteroatoms. The Morgan fingerprint density at radius 2 is 2.00 bits per heavy atom. The third kappa shape index (κ3) is 2.38. The van der Waals surface area contributed by atoms with Crippen LogP contribution in [0.4, 0.5) is 0 Å². The zero-order valence-electron chi connectivity index (χ0n) is 6.29. The molecule has 0 spiro atoms. The monoisotopic (exact) mass is 146 g/mol. The van der Waals surface area contributed by atoms with Crippen molar-refractivity contribution in [3.63, 3.8) is 0 Å². The molecule has 11 heavy (non-hydrogen) atoms. The molecule has 0 bridgehead atoms. The number of carbonyl (C=O) groups excluding carboxylic acids is 1. The van der Waals surface area contributed by atoms with Gasteiger partial charge in [0.15, 0.2) is 0 Å². The van der Waals surface area contributed by atoms with Crippen molar-refractivity contribution in [2.75, 3.05) is 0 Å². The maximum absolute atomic E-state index is 10.2. The van der Waals surface area contributed by atoms with E-state index in [-0.39, 0.29) is 0 Å². The number of hydrogen-bond donors (Lipinski definition) is 0. The summed E-state index contributed by atoms with van der Waals surface area (Å²) in [6.45, 7) is 3.60. The molecule has 1 nitrogen and oxygen atoms in total. The summed E-state index contributed by atoms with van der Waals surface area (Å²) in [5.41, 5.74) is 1.75. The number of aldehydes is 1. The molecule has 1 rings (SSSR count). The summed E-state index contributed by atoms with van der Waals surface area (Å²) >= 11 is 0. The first-order chi connectivity index (χ1) is 5.33. The Morgan fingerprint density at radius 3 is 2.55 bits per heavy atom. The van der Waals surface area contributed by atoms with E-state index in [1.165, 1.54) is 0 Å². The van der Waals surface area contributed by atoms with Crippen LogP contribution in [-0.2, 0) is 11.2 Å². The van der Waals surface area contributed by atoms with Crippen molar-refractivity contribution in [1.82, 2.24) is 0 Å². The highest BCUT2D eigenvalue weighted by atomic mass is 16.1. The molecule has 1 aromatic carbocycles. The van der Waals surface area contributed by atoms with Gasteiger partial charge in [-0.15, -0.1) is 0 Å². The summed E-state index contributed by atoms with van der Waals surface area (Å²) in [4.78, 5) is 10.2. The van der Waals surface area contributed by atoms with Gasteiger partial charge in [-0.05, 0) is 11.1 Å². The summed E-state index contributed by atoms with van der Waals surface area (Å²) in [5.74, 6) is 0. The first kappa shape index (κ1) is 7.73. The van der Waals surface area contributed by atoms with Crippen LogP contribution in [0.1, 0.15) is 5.56 Å². The Balaban J connectivity index is 2.65. The second kappa shape index (κ2) is 3.71. The second-order valence-corrected chi connectivity index (χ2v) is 2.44. The Kier molecular flexibility index (Phi) is 2.61. The fourth-order valence-electron chi connectivity index (χ4n) is 0.900. The van der Waals surface area contributed by atoms with Crippen LogP contribution in [-0.4, -0.2) is 6.29 Å². The molecule has 56 valence electrons. The van der Waals surface area contributed by atoms with Crippen LogP contribution >= 0.6 is 0 Å². The van der Waals surface area contributed by atoms with E-state index in [1.807, 2.05) is 30.3 Å². The summed E-state index contributed by atoms with van der Waals surface area (Å²) in [6, 6.07) is 9.82. The molecule has 0 heterocycles. The van der Waals surface area contributed by atoms with E-state index in [2.05, 4.69) is 6.58 Å². The highest BCUT2D eigenvalue weighted by Crippen LogP contribution is 2.03. The van der Waals surface area contributed by atoms with E-state index >= 15 is 0 Å². The summed E-state index contributed by atoms with van der Waals surface area (Å²) in [6.07, 6.45) is 1.46. The first-order valence-corrected chi connectivity index (χ1v) is 3.50. The molecular formula is C10H10O. The molecule has 0 saturated carbocycles. The molecule has 0 aromatic heterocycles. The molecule has 0 aliphatic carbocycles. The predicted molar refractivity (Wildman–Crippen MR) is 45.4 cm³/mol. The largest absolute Gasteiger partial charge is 0.298 e. The van der Waals surface area contributed by atoms with Crippen molar-refractivity contribution in [3.05, 3.63) is 48.0 Å². The lowest BCUT2D eigenvalue weighted by atomic mass is 10.1. The summed E-state index contributed by atoms with van der Waals surface area (Å²) in [5, 5.41) is 0. The number of benzene rings is 1. The third-order valence-electron chi connectivity index (χ3n) is 1.44. The Morgan fingerprint density at radius 1 is 1.36 bits per heavy atom. The summed E-state index contributed by atoms with van der Waals surface area (Å²) < 4.78 is 0. The summed E-state index contributed by atoms with van der Waals surface area (Å²) in [7, 11) is 0. The zero-order chi connectivity index (χ0) is 8.10. The van der Waals surface area contributed by atoms with Crippen molar-refractivity contribution in [2.24, 2.45) is 0 Å². The van der Waals surface area contributed by atoms with Gasteiger partial charge >= 0.3 is 0 Å². The molecule has 0 fully saturated rings. The Bertz CT molecular complexity index is 249. The third-order valence-corrected chi connectivity index (χ3v) is 1.44. The van der Waals surface area contributed by atoms with Gasteiger partial charge < -0.3 is 0 Å². The van der Waals surface area contributed by atoms with Gasteiger partial charge in [-0.25, -0.2) is 0 Å². The van der Waals surface area contributed by atoms with Gasteiger partial charge in [-0.1, -0.05) is 36.9 Å². The van der Waals surface area contributed by atoms with Crippen LogP contribution in [0.3, 0.4) is 0 Å². The van der Waals surface area contributed by atoms with Gasteiger partial charge in [0.1, 0.15) is 6.29 Å². The van der Waals surface area contributed by atoms with Gasteiger partial charge in [0.05, 0.1) is 0 Å². The Labute approximate surface area is 66.4 Å². The lowest BCUT2D eigenvalue weighted by molar-refractivity contribution is -0.104. The van der Waals surface area contributed by atoms with Gasteiger partial charge in [0, 0.05) is 6.42 Å². The van der Waals surface area contributed by atoms with Crippen molar-refractivity contribution in [3.8, 4) is 0 Å². The Hall–Kier alpha value is -1.37. The minimum Gasteiger partial charge on any atom is -0.298 e. The fourth-order valence-corrected chi connectivity index (χ4v) is 0.900. The van der Waals surface area contributed by atoms with Crippen LogP contribution in [0, 0.1) is 0 Å². The van der Waals surface area contributed by atoms with Crippen LogP contribution in [0.2, 0.25) is 0 Å². The molecular weight excluding hydrogens is 136 g/mol. The molecule has 0 amide bonds. The van der Waals surface area contributed by atoms with Crippen molar-refractivity contribution >= 4 is 6.29 Å². The van der Waals surface area contributed by atoms with E-state index < -0.39 is 0 Å². The second-order valence-electron chi connectivity index (χ2n) is 2.44. The topological polar surface area (TPSA) is 17.1 Å². The normalized spacial score (nSPS) is 9.09. The van der Waals surface area contributed by atoms with Crippen LogP contribution in [0.5, 0.6) is 0 Å². The molecule has 0 saturated heterocycles. The average Bonchev–Trinajstić information content (AvgIpc) is 2.06. The van der Waals surface area contributed by atoms with Crippen LogP contribution in [0.25, 0.3) is 0 Å². The first-order valence-electron chi connectivity index (χ1n) is 3.50. The molecule has 0 N–H and O–H groups in total. The van der Waals surface area contributed by atoms with Gasteiger partial charge in [-0.3, -0.25) is 4.79 Å². The van der Waals surface area contributed by atoms with E-state index in [1.54, 1.807) is 0 Å². The molecule has 0 unspecified atom stereocenters. The average molecular weight is 146 g/mol. The number of carbonyl (C=O) groups is 1. The molecule has 0 aliphatic rings. The minimum absolute atomic E-state index is 0.621. The molecule has 0 atom stereocenters. The van der Waals surface area contributed by atoms with E-state index in [0.717, 1.165) is 11.8 Å². The maximum Gasteiger partial charge on any atom is 0.145 e. The highest BCUT2D eigenvalue weighted by molar-refractivity contribution is 5.72. The SMILES string of the molecule is C=C(C=O)Cc1ccccc1. The number of rotatable bonds is 3. The van der Waals surface area contributed by atoms with Crippen molar-refractivity contribution in [2.45, 2.75) is 6.42 Å². The smallest absolute Gasteiger partial charge is 0.145 e. The van der Waals surface area contributed by atoms with E-state index in [0.29, 0.717) is 12.0 Å². The van der Waals surface area contributed by atoms with Crippen LogP contribution < -0.4 is 0 Å². The highest BCUT2D eigenvalue weighted by Gasteiger charge is 1.92. The molecule has 1 aromatic rings. The van der Waals surface area contributed by atoms with Crippen molar-refractivity contribution in [1.29, 1.82) is 0 Å². The van der Waals surface area contributed by atoms with Gasteiger partial charge in [0.25, 0.3) is 0 Å². The van der Waals surface area contributed by atoms with Crippen molar-refractivity contribution < 1.29 is 4.79 Å². The zero-order valence-corrected chi connectivity index (χ0v) is 6.29. The number of hydrogen-bond acceptors (Lipinski definition) is 1. The lowest BCUT2D eigenvalue weighted by Crippen LogP contribution is -1.88. The van der Waals surface area contributed by atoms with Gasteiger partial charge in [0.2, 0.25) is 0 Å². The quantitative estimate of drug-likeness (QED) is 0.470. The van der Waals surface area contributed by atoms with E-state index in [9.17, 15) is 4.79 Å². The van der Waals surface area contributed by atoms with E-state index in [4.69, 9.17) is 0 Å². The lowest BCUT2D eigenvalue weighted by Gasteiger charge is -1.96.